The molecule has 0 fully saturated rings. The largest absolute Gasteiger partial charge is 0.207 e. The molecule has 2 aromatic rings. The fourth-order valence-corrected chi connectivity index (χ4v) is 2.88. The number of hydrogen-bond acceptors (Lipinski definition) is 0. The second kappa shape index (κ2) is 5.97. The van der Waals surface area contributed by atoms with Crippen molar-refractivity contribution in [2.24, 2.45) is 0 Å². The van der Waals surface area contributed by atoms with Crippen molar-refractivity contribution < 1.29 is 13.2 Å². The number of rotatable bonds is 3. The van der Waals surface area contributed by atoms with Crippen LogP contribution in [0.5, 0.6) is 0 Å². The van der Waals surface area contributed by atoms with Crippen LogP contribution in [0.1, 0.15) is 16.0 Å². The van der Waals surface area contributed by atoms with Crippen LogP contribution < -0.4 is 0 Å². The van der Waals surface area contributed by atoms with E-state index in [4.69, 9.17) is 11.6 Å². The van der Waals surface area contributed by atoms with Gasteiger partial charge in [0.2, 0.25) is 0 Å². The molecule has 0 N–H and O–H groups in total. The molecule has 0 saturated carbocycles. The average Bonchev–Trinajstić information content (AvgIpc) is 2.36. The van der Waals surface area contributed by atoms with Gasteiger partial charge in [-0.15, -0.1) is 0 Å². The van der Waals surface area contributed by atoms with E-state index in [1.54, 1.807) is 12.1 Å². The third-order valence-electron chi connectivity index (χ3n) is 2.71. The van der Waals surface area contributed by atoms with Crippen LogP contribution in [0.25, 0.3) is 0 Å². The molecule has 0 aliphatic carbocycles. The van der Waals surface area contributed by atoms with E-state index in [9.17, 15) is 13.2 Å². The van der Waals surface area contributed by atoms with E-state index in [1.165, 1.54) is 12.1 Å². The van der Waals surface area contributed by atoms with Gasteiger partial charge in [-0.25, -0.2) is 13.2 Å². The normalized spacial score (nSPS) is 12.5. The maximum Gasteiger partial charge on any atom is 0.160 e. The van der Waals surface area contributed by atoms with Crippen LogP contribution in [0.2, 0.25) is 5.02 Å². The Hall–Kier alpha value is -1.00. The van der Waals surface area contributed by atoms with E-state index in [0.29, 0.717) is 12.0 Å². The summed E-state index contributed by atoms with van der Waals surface area (Å²) in [5, 5.41) is 0.155. The van der Waals surface area contributed by atoms with Gasteiger partial charge in [0.25, 0.3) is 0 Å². The molecule has 1 unspecified atom stereocenters. The van der Waals surface area contributed by atoms with Crippen molar-refractivity contribution in [3.05, 3.63) is 70.0 Å². The van der Waals surface area contributed by atoms with E-state index < -0.39 is 11.6 Å². The molecule has 100 valence electrons. The summed E-state index contributed by atoms with van der Waals surface area (Å²) in [6, 6.07) is 7.99. The van der Waals surface area contributed by atoms with Crippen LogP contribution in [0, 0.1) is 17.5 Å². The molecular formula is C14H9BrClF3. The average molecular weight is 350 g/mol. The molecule has 0 aliphatic heterocycles. The first kappa shape index (κ1) is 14.4. The van der Waals surface area contributed by atoms with Crippen LogP contribution in [0.4, 0.5) is 13.2 Å². The maximum atomic E-state index is 13.2. The molecule has 0 bridgehead atoms. The van der Waals surface area contributed by atoms with Gasteiger partial charge in [0, 0.05) is 9.85 Å². The van der Waals surface area contributed by atoms with Gasteiger partial charge >= 0.3 is 0 Å². The second-order valence-electron chi connectivity index (χ2n) is 4.09. The summed E-state index contributed by atoms with van der Waals surface area (Å²) < 4.78 is 39.0. The van der Waals surface area contributed by atoms with Crippen LogP contribution in [-0.2, 0) is 6.42 Å². The molecule has 0 aliphatic rings. The first-order valence-corrected chi connectivity index (χ1v) is 6.79. The Morgan fingerprint density at radius 2 is 1.58 bits per heavy atom. The summed E-state index contributed by atoms with van der Waals surface area (Å²) >= 11 is 9.27. The number of halogens is 5. The smallest absolute Gasteiger partial charge is 0.160 e. The van der Waals surface area contributed by atoms with Crippen LogP contribution in [0.3, 0.4) is 0 Å². The lowest BCUT2D eigenvalue weighted by atomic mass is 10.0. The van der Waals surface area contributed by atoms with Gasteiger partial charge in [-0.3, -0.25) is 0 Å². The van der Waals surface area contributed by atoms with Gasteiger partial charge in [-0.05, 0) is 41.8 Å². The molecule has 0 radical (unpaired) electrons. The van der Waals surface area contributed by atoms with E-state index in [2.05, 4.69) is 15.9 Å². The SMILES string of the molecule is Fc1ccc(CC(Br)c2cc(F)c(F)cc2Cl)cc1. The van der Waals surface area contributed by atoms with E-state index >= 15 is 0 Å². The van der Waals surface area contributed by atoms with Gasteiger partial charge < -0.3 is 0 Å². The summed E-state index contributed by atoms with van der Waals surface area (Å²) in [6.07, 6.45) is 0.491. The zero-order chi connectivity index (χ0) is 14.0. The zero-order valence-corrected chi connectivity index (χ0v) is 12.0. The van der Waals surface area contributed by atoms with E-state index in [-0.39, 0.29) is 15.7 Å². The van der Waals surface area contributed by atoms with Crippen LogP contribution in [0.15, 0.2) is 36.4 Å². The van der Waals surface area contributed by atoms with Crippen molar-refractivity contribution in [3.8, 4) is 0 Å². The quantitative estimate of drug-likeness (QED) is 0.511. The highest BCUT2D eigenvalue weighted by molar-refractivity contribution is 9.09. The molecule has 19 heavy (non-hydrogen) atoms. The Morgan fingerprint density at radius 1 is 1.00 bits per heavy atom. The molecule has 0 saturated heterocycles. The Morgan fingerprint density at radius 3 is 2.21 bits per heavy atom. The number of benzene rings is 2. The van der Waals surface area contributed by atoms with Crippen molar-refractivity contribution in [1.29, 1.82) is 0 Å². The highest BCUT2D eigenvalue weighted by Gasteiger charge is 2.16. The summed E-state index contributed by atoms with van der Waals surface area (Å²) in [5.74, 6) is -2.24. The van der Waals surface area contributed by atoms with E-state index in [1.807, 2.05) is 0 Å². The third kappa shape index (κ3) is 3.51. The predicted octanol–water partition coefficient (Wildman–Crippen LogP) is 5.44. The molecule has 0 amide bonds. The van der Waals surface area contributed by atoms with Crippen molar-refractivity contribution in [1.82, 2.24) is 0 Å². The monoisotopic (exact) mass is 348 g/mol. The van der Waals surface area contributed by atoms with Crippen molar-refractivity contribution in [2.45, 2.75) is 11.2 Å². The number of alkyl halides is 1. The third-order valence-corrected chi connectivity index (χ3v) is 3.85. The fraction of sp³-hybridized carbons (Fsp3) is 0.143. The minimum atomic E-state index is -0.977. The lowest BCUT2D eigenvalue weighted by molar-refractivity contribution is 0.507. The minimum absolute atomic E-state index is 0.155. The Balaban J connectivity index is 2.22. The second-order valence-corrected chi connectivity index (χ2v) is 5.60. The summed E-state index contributed by atoms with van der Waals surface area (Å²) in [4.78, 5) is -0.277. The Kier molecular flexibility index (Phi) is 4.53. The van der Waals surface area contributed by atoms with Gasteiger partial charge in [0.1, 0.15) is 5.82 Å². The molecular weight excluding hydrogens is 341 g/mol. The fourth-order valence-electron chi connectivity index (χ4n) is 1.72. The van der Waals surface area contributed by atoms with Crippen LogP contribution in [-0.4, -0.2) is 0 Å². The molecule has 5 heteroatoms. The molecule has 0 spiro atoms. The topological polar surface area (TPSA) is 0 Å². The van der Waals surface area contributed by atoms with Gasteiger partial charge in [0.05, 0.1) is 0 Å². The number of hydrogen-bond donors (Lipinski definition) is 0. The van der Waals surface area contributed by atoms with Gasteiger partial charge in [-0.2, -0.15) is 0 Å². The standard InChI is InChI=1S/C14H9BrClF3/c15-11(5-8-1-3-9(17)4-2-8)10-6-13(18)14(19)7-12(10)16/h1-4,6-7,11H,5H2. The van der Waals surface area contributed by atoms with Crippen molar-refractivity contribution in [2.75, 3.05) is 0 Å². The summed E-state index contributed by atoms with van der Waals surface area (Å²) in [7, 11) is 0. The lowest BCUT2D eigenvalue weighted by Crippen LogP contribution is -1.99. The zero-order valence-electron chi connectivity index (χ0n) is 9.64. The minimum Gasteiger partial charge on any atom is -0.207 e. The molecule has 1 atom stereocenters. The highest BCUT2D eigenvalue weighted by Crippen LogP contribution is 2.33. The Bertz CT molecular complexity index is 584. The van der Waals surface area contributed by atoms with Crippen LogP contribution >= 0.6 is 27.5 Å². The molecule has 0 heterocycles. The maximum absolute atomic E-state index is 13.2. The highest BCUT2D eigenvalue weighted by atomic mass is 79.9. The first-order chi connectivity index (χ1) is 8.97. The van der Waals surface area contributed by atoms with Gasteiger partial charge in [0.15, 0.2) is 11.6 Å². The van der Waals surface area contributed by atoms with E-state index in [0.717, 1.165) is 17.7 Å². The molecule has 0 aromatic heterocycles. The summed E-state index contributed by atoms with van der Waals surface area (Å²) in [6.45, 7) is 0. The summed E-state index contributed by atoms with van der Waals surface area (Å²) in [5.41, 5.74) is 1.33. The van der Waals surface area contributed by atoms with Gasteiger partial charge in [-0.1, -0.05) is 39.7 Å². The molecule has 2 rings (SSSR count). The molecule has 0 nitrogen and oxygen atoms in total. The Labute approximate surface area is 122 Å². The van der Waals surface area contributed by atoms with Crippen molar-refractivity contribution >= 4 is 27.5 Å². The molecule has 2 aromatic carbocycles. The lowest BCUT2D eigenvalue weighted by Gasteiger charge is -2.12. The first-order valence-electron chi connectivity index (χ1n) is 5.50. The predicted molar refractivity (Wildman–Crippen MR) is 73.1 cm³/mol. The van der Waals surface area contributed by atoms with Crippen molar-refractivity contribution in [3.63, 3.8) is 0 Å².